The third-order valence-electron chi connectivity index (χ3n) is 5.07. The maximum absolute atomic E-state index is 12.9. The highest BCUT2D eigenvalue weighted by Gasteiger charge is 2.37. The molecule has 0 heterocycles. The highest BCUT2D eigenvalue weighted by molar-refractivity contribution is 5.94. The van der Waals surface area contributed by atoms with Crippen LogP contribution in [-0.2, 0) is 11.2 Å². The van der Waals surface area contributed by atoms with Gasteiger partial charge >= 0.3 is 0 Å². The number of nitrogens with zero attached hydrogens (tertiary/aromatic N) is 2. The zero-order valence-corrected chi connectivity index (χ0v) is 14.3. The lowest BCUT2D eigenvalue weighted by Crippen LogP contribution is -2.46. The van der Waals surface area contributed by atoms with E-state index in [0.29, 0.717) is 29.9 Å². The molecule has 1 aliphatic carbocycles. The predicted octanol–water partition coefficient (Wildman–Crippen LogP) is 3.67. The molecular formula is C19H27N3O. The molecule has 0 aliphatic heterocycles. The van der Waals surface area contributed by atoms with Crippen LogP contribution in [0.15, 0.2) is 24.3 Å². The topological polar surface area (TPSA) is 70.1 Å². The number of carbonyl (C=O) groups excluding carboxylic acids is 1. The highest BCUT2D eigenvalue weighted by Crippen LogP contribution is 2.39. The van der Waals surface area contributed by atoms with Crippen LogP contribution in [-0.4, -0.2) is 5.91 Å². The van der Waals surface area contributed by atoms with Gasteiger partial charge in [0.25, 0.3) is 0 Å². The first-order chi connectivity index (χ1) is 10.9. The van der Waals surface area contributed by atoms with Crippen molar-refractivity contribution in [2.45, 2.75) is 46.5 Å². The van der Waals surface area contributed by atoms with E-state index in [1.807, 2.05) is 24.3 Å². The number of anilines is 1. The number of hydrazine groups is 1. The predicted molar refractivity (Wildman–Crippen MR) is 92.3 cm³/mol. The normalized spacial score (nSPS) is 24.3. The first-order valence-corrected chi connectivity index (χ1v) is 8.48. The summed E-state index contributed by atoms with van der Waals surface area (Å²) in [6.07, 6.45) is 3.58. The van der Waals surface area contributed by atoms with Crippen molar-refractivity contribution in [3.63, 3.8) is 0 Å². The summed E-state index contributed by atoms with van der Waals surface area (Å²) in [5.41, 5.74) is 1.63. The Bertz CT molecular complexity index is 573. The average Bonchev–Trinajstić information content (AvgIpc) is 2.54. The molecule has 0 unspecified atom stereocenters. The standard InChI is InChI=1S/C19H27N3O/c1-13(2)17-9-4-14(3)12-18(17)19(23)22(21)16-7-5-15(6-8-16)10-11-20/h5-8,13-14,17-18H,4,9-10,12,21H2,1-3H3/t14-,17+,18-/m1/s1. The molecule has 1 aliphatic rings. The quantitative estimate of drug-likeness (QED) is 0.524. The number of hydrogen-bond donors (Lipinski definition) is 1. The van der Waals surface area contributed by atoms with Crippen molar-refractivity contribution in [1.29, 1.82) is 5.26 Å². The molecule has 0 aromatic heterocycles. The largest absolute Gasteiger partial charge is 0.273 e. The molecule has 1 aromatic carbocycles. The number of nitrogens with two attached hydrogens (primary N) is 1. The first-order valence-electron chi connectivity index (χ1n) is 8.48. The molecule has 0 bridgehead atoms. The second-order valence-electron chi connectivity index (χ2n) is 7.14. The zero-order chi connectivity index (χ0) is 17.0. The fourth-order valence-electron chi connectivity index (χ4n) is 3.66. The van der Waals surface area contributed by atoms with Crippen LogP contribution in [0.4, 0.5) is 5.69 Å². The van der Waals surface area contributed by atoms with Crippen molar-refractivity contribution in [3.8, 4) is 6.07 Å². The van der Waals surface area contributed by atoms with Crippen LogP contribution in [0.5, 0.6) is 0 Å². The third-order valence-corrected chi connectivity index (χ3v) is 5.07. The van der Waals surface area contributed by atoms with E-state index in [9.17, 15) is 4.79 Å². The summed E-state index contributed by atoms with van der Waals surface area (Å²) in [6, 6.07) is 9.47. The molecule has 0 saturated heterocycles. The summed E-state index contributed by atoms with van der Waals surface area (Å²) in [7, 11) is 0. The molecule has 4 nitrogen and oxygen atoms in total. The Labute approximate surface area is 139 Å². The van der Waals surface area contributed by atoms with Crippen molar-refractivity contribution < 1.29 is 4.79 Å². The minimum Gasteiger partial charge on any atom is -0.273 e. The van der Waals surface area contributed by atoms with E-state index < -0.39 is 0 Å². The first kappa shape index (κ1) is 17.5. The molecule has 2 rings (SSSR count). The molecule has 0 spiro atoms. The Balaban J connectivity index is 2.15. The van der Waals surface area contributed by atoms with Gasteiger partial charge in [0.05, 0.1) is 18.2 Å². The molecule has 3 atom stereocenters. The summed E-state index contributed by atoms with van der Waals surface area (Å²) < 4.78 is 0. The number of nitriles is 1. The van der Waals surface area contributed by atoms with Crippen molar-refractivity contribution in [2.24, 2.45) is 29.5 Å². The second-order valence-corrected chi connectivity index (χ2v) is 7.14. The zero-order valence-electron chi connectivity index (χ0n) is 14.3. The number of carbonyl (C=O) groups is 1. The summed E-state index contributed by atoms with van der Waals surface area (Å²) >= 11 is 0. The Kier molecular flexibility index (Phi) is 5.79. The van der Waals surface area contributed by atoms with Crippen molar-refractivity contribution in [3.05, 3.63) is 29.8 Å². The monoisotopic (exact) mass is 313 g/mol. The van der Waals surface area contributed by atoms with Crippen LogP contribution >= 0.6 is 0 Å². The van der Waals surface area contributed by atoms with Gasteiger partial charge in [-0.2, -0.15) is 5.26 Å². The highest BCUT2D eigenvalue weighted by atomic mass is 16.2. The molecule has 2 N–H and O–H groups in total. The van der Waals surface area contributed by atoms with Gasteiger partial charge in [0.1, 0.15) is 0 Å². The van der Waals surface area contributed by atoms with E-state index >= 15 is 0 Å². The van der Waals surface area contributed by atoms with E-state index in [2.05, 4.69) is 26.8 Å². The van der Waals surface area contributed by atoms with E-state index in [4.69, 9.17) is 11.1 Å². The van der Waals surface area contributed by atoms with Gasteiger partial charge in [0.2, 0.25) is 5.91 Å². The van der Waals surface area contributed by atoms with Gasteiger partial charge in [0, 0.05) is 5.92 Å². The fourth-order valence-corrected chi connectivity index (χ4v) is 3.66. The maximum atomic E-state index is 12.9. The minimum atomic E-state index is 0.00235. The van der Waals surface area contributed by atoms with Crippen molar-refractivity contribution in [1.82, 2.24) is 0 Å². The number of hydrogen-bond acceptors (Lipinski definition) is 3. The smallest absolute Gasteiger partial charge is 0.244 e. The van der Waals surface area contributed by atoms with Crippen LogP contribution < -0.4 is 10.9 Å². The maximum Gasteiger partial charge on any atom is 0.244 e. The average molecular weight is 313 g/mol. The van der Waals surface area contributed by atoms with Gasteiger partial charge < -0.3 is 0 Å². The Morgan fingerprint density at radius 2 is 2.00 bits per heavy atom. The number of rotatable bonds is 4. The van der Waals surface area contributed by atoms with Crippen LogP contribution in [0.1, 0.15) is 45.6 Å². The molecule has 1 fully saturated rings. The van der Waals surface area contributed by atoms with Gasteiger partial charge in [-0.15, -0.1) is 0 Å². The second kappa shape index (κ2) is 7.61. The third kappa shape index (κ3) is 4.11. The fraction of sp³-hybridized carbons (Fsp3) is 0.579. The van der Waals surface area contributed by atoms with E-state index in [-0.39, 0.29) is 11.8 Å². The summed E-state index contributed by atoms with van der Waals surface area (Å²) in [4.78, 5) is 12.9. The summed E-state index contributed by atoms with van der Waals surface area (Å²) in [6.45, 7) is 6.60. The summed E-state index contributed by atoms with van der Waals surface area (Å²) in [5.74, 6) is 7.61. The molecular weight excluding hydrogens is 286 g/mol. The van der Waals surface area contributed by atoms with Crippen LogP contribution in [0, 0.1) is 35.0 Å². The van der Waals surface area contributed by atoms with Gasteiger partial charge in [-0.25, -0.2) is 10.9 Å². The lowest BCUT2D eigenvalue weighted by Gasteiger charge is -2.38. The lowest BCUT2D eigenvalue weighted by molar-refractivity contribution is -0.126. The summed E-state index contributed by atoms with van der Waals surface area (Å²) in [5, 5.41) is 10.0. The van der Waals surface area contributed by atoms with Gasteiger partial charge in [-0.05, 0) is 48.3 Å². The van der Waals surface area contributed by atoms with Gasteiger partial charge in [-0.1, -0.05) is 39.3 Å². The SMILES string of the molecule is CC(C)[C@@H]1CC[C@@H](C)C[C@H]1C(=O)N(N)c1ccc(CC#N)cc1. The minimum absolute atomic E-state index is 0.00235. The van der Waals surface area contributed by atoms with Crippen molar-refractivity contribution >= 4 is 11.6 Å². The Hall–Kier alpha value is -1.86. The van der Waals surface area contributed by atoms with Crippen LogP contribution in [0.3, 0.4) is 0 Å². The van der Waals surface area contributed by atoms with Gasteiger partial charge in [0.15, 0.2) is 0 Å². The van der Waals surface area contributed by atoms with Gasteiger partial charge in [-0.3, -0.25) is 4.79 Å². The van der Waals surface area contributed by atoms with Crippen LogP contribution in [0.2, 0.25) is 0 Å². The molecule has 0 radical (unpaired) electrons. The Morgan fingerprint density at radius 1 is 1.35 bits per heavy atom. The molecule has 1 saturated carbocycles. The van der Waals surface area contributed by atoms with E-state index in [0.717, 1.165) is 18.4 Å². The molecule has 1 aromatic rings. The molecule has 4 heteroatoms. The molecule has 124 valence electrons. The van der Waals surface area contributed by atoms with E-state index in [1.165, 1.54) is 11.4 Å². The number of amides is 1. The van der Waals surface area contributed by atoms with Crippen molar-refractivity contribution in [2.75, 3.05) is 5.01 Å². The lowest BCUT2D eigenvalue weighted by atomic mass is 9.69. The Morgan fingerprint density at radius 3 is 2.57 bits per heavy atom. The molecule has 1 amide bonds. The molecule has 23 heavy (non-hydrogen) atoms. The van der Waals surface area contributed by atoms with E-state index in [1.54, 1.807) is 0 Å². The number of benzene rings is 1. The van der Waals surface area contributed by atoms with Crippen LogP contribution in [0.25, 0.3) is 0 Å².